The first kappa shape index (κ1) is 12.5. The van der Waals surface area contributed by atoms with E-state index in [-0.39, 0.29) is 16.4 Å². The minimum atomic E-state index is -0.549. The second-order valence-corrected chi connectivity index (χ2v) is 3.95. The van der Waals surface area contributed by atoms with Crippen molar-refractivity contribution < 1.29 is 4.39 Å². The van der Waals surface area contributed by atoms with Crippen LogP contribution in [0.25, 0.3) is 0 Å². The summed E-state index contributed by atoms with van der Waals surface area (Å²) in [5.41, 5.74) is 3.29. The summed E-state index contributed by atoms with van der Waals surface area (Å²) in [6.07, 6.45) is 0. The molecule has 0 radical (unpaired) electrons. The molecule has 0 unspecified atom stereocenters. The van der Waals surface area contributed by atoms with Gasteiger partial charge in [0.25, 0.3) is 0 Å². The molecular formula is C13H11ClFN3. The van der Waals surface area contributed by atoms with Gasteiger partial charge in [-0.05, 0) is 24.3 Å². The van der Waals surface area contributed by atoms with Gasteiger partial charge >= 0.3 is 0 Å². The molecule has 0 saturated carbocycles. The zero-order chi connectivity index (χ0) is 13.0. The standard InChI is InChI=1S/C13H11ClFN3/c14-11-8-4-7-10(12(11)15)13(18-16)17-9-5-2-1-3-6-9/h1-8H,16H2,(H,17,18). The molecule has 0 spiro atoms. The summed E-state index contributed by atoms with van der Waals surface area (Å²) < 4.78 is 13.8. The maximum absolute atomic E-state index is 13.8. The molecule has 3 nitrogen and oxygen atoms in total. The highest BCUT2D eigenvalue weighted by Crippen LogP contribution is 2.19. The predicted octanol–water partition coefficient (Wildman–Crippen LogP) is 3.02. The Kier molecular flexibility index (Phi) is 3.92. The number of para-hydroxylation sites is 1. The van der Waals surface area contributed by atoms with Crippen molar-refractivity contribution in [2.75, 3.05) is 0 Å². The smallest absolute Gasteiger partial charge is 0.152 e. The van der Waals surface area contributed by atoms with Gasteiger partial charge in [0.2, 0.25) is 0 Å². The van der Waals surface area contributed by atoms with Gasteiger partial charge in [-0.25, -0.2) is 15.2 Å². The fourth-order valence-electron chi connectivity index (χ4n) is 1.49. The number of benzene rings is 2. The third-order valence-corrected chi connectivity index (χ3v) is 2.63. The van der Waals surface area contributed by atoms with Crippen LogP contribution in [-0.2, 0) is 0 Å². The molecule has 0 heterocycles. The number of amidine groups is 1. The van der Waals surface area contributed by atoms with E-state index >= 15 is 0 Å². The molecule has 3 N–H and O–H groups in total. The van der Waals surface area contributed by atoms with E-state index in [0.717, 1.165) is 0 Å². The molecule has 0 aliphatic rings. The van der Waals surface area contributed by atoms with E-state index in [9.17, 15) is 4.39 Å². The Morgan fingerprint density at radius 3 is 2.50 bits per heavy atom. The molecule has 2 rings (SSSR count). The summed E-state index contributed by atoms with van der Waals surface area (Å²) in [5.74, 6) is 5.06. The van der Waals surface area contributed by atoms with E-state index in [1.165, 1.54) is 6.07 Å². The summed E-state index contributed by atoms with van der Waals surface area (Å²) in [5, 5.41) is 0.0310. The van der Waals surface area contributed by atoms with E-state index in [4.69, 9.17) is 17.4 Å². The van der Waals surface area contributed by atoms with Gasteiger partial charge in [-0.2, -0.15) is 0 Å². The van der Waals surface area contributed by atoms with Crippen molar-refractivity contribution in [3.8, 4) is 0 Å². The average molecular weight is 264 g/mol. The largest absolute Gasteiger partial charge is 0.308 e. The lowest BCUT2D eigenvalue weighted by Gasteiger charge is -2.07. The highest BCUT2D eigenvalue weighted by atomic mass is 35.5. The van der Waals surface area contributed by atoms with Crippen molar-refractivity contribution in [3.05, 3.63) is 64.9 Å². The van der Waals surface area contributed by atoms with Gasteiger partial charge in [-0.1, -0.05) is 35.9 Å². The number of hydrogen-bond acceptors (Lipinski definition) is 2. The molecule has 2 aromatic rings. The van der Waals surface area contributed by atoms with Crippen molar-refractivity contribution in [1.82, 2.24) is 5.43 Å². The Hall–Kier alpha value is -1.91. The maximum Gasteiger partial charge on any atom is 0.152 e. The van der Waals surface area contributed by atoms with Crippen molar-refractivity contribution in [2.45, 2.75) is 0 Å². The first-order chi connectivity index (χ1) is 8.72. The second kappa shape index (κ2) is 5.62. The zero-order valence-corrected chi connectivity index (χ0v) is 10.2. The minimum Gasteiger partial charge on any atom is -0.308 e. The van der Waals surface area contributed by atoms with Crippen molar-refractivity contribution in [1.29, 1.82) is 0 Å². The van der Waals surface area contributed by atoms with E-state index < -0.39 is 5.82 Å². The van der Waals surface area contributed by atoms with Crippen LogP contribution in [0.3, 0.4) is 0 Å². The van der Waals surface area contributed by atoms with E-state index in [0.29, 0.717) is 5.69 Å². The zero-order valence-electron chi connectivity index (χ0n) is 9.40. The number of hydrazine groups is 1. The average Bonchev–Trinajstić information content (AvgIpc) is 2.41. The van der Waals surface area contributed by atoms with Gasteiger partial charge < -0.3 is 5.43 Å². The number of aliphatic imine (C=N–C) groups is 1. The number of nitrogens with one attached hydrogen (secondary N) is 1. The SMILES string of the molecule is NNC(=Nc1ccccc1)c1cccc(Cl)c1F. The van der Waals surface area contributed by atoms with Crippen LogP contribution in [-0.4, -0.2) is 5.84 Å². The Labute approximate surface area is 109 Å². The molecule has 0 aliphatic heterocycles. The van der Waals surface area contributed by atoms with Crippen LogP contribution in [0.1, 0.15) is 5.56 Å². The molecule has 5 heteroatoms. The quantitative estimate of drug-likeness (QED) is 0.379. The lowest BCUT2D eigenvalue weighted by atomic mass is 10.2. The van der Waals surface area contributed by atoms with Crippen LogP contribution in [0.5, 0.6) is 0 Å². The molecule has 92 valence electrons. The molecule has 0 aliphatic carbocycles. The second-order valence-electron chi connectivity index (χ2n) is 3.54. The number of nitrogens with zero attached hydrogens (tertiary/aromatic N) is 1. The lowest BCUT2D eigenvalue weighted by molar-refractivity contribution is 0.624. The lowest BCUT2D eigenvalue weighted by Crippen LogP contribution is -2.31. The fraction of sp³-hybridized carbons (Fsp3) is 0. The van der Waals surface area contributed by atoms with Gasteiger partial charge in [0.1, 0.15) is 0 Å². The maximum atomic E-state index is 13.8. The van der Waals surface area contributed by atoms with Crippen molar-refractivity contribution in [2.24, 2.45) is 10.8 Å². The van der Waals surface area contributed by atoms with Gasteiger partial charge in [0, 0.05) is 0 Å². The third-order valence-electron chi connectivity index (χ3n) is 2.34. The summed E-state index contributed by atoms with van der Waals surface area (Å²) in [4.78, 5) is 4.23. The topological polar surface area (TPSA) is 50.4 Å². The molecule has 0 saturated heterocycles. The van der Waals surface area contributed by atoms with Gasteiger partial charge in [-0.3, -0.25) is 0 Å². The molecule has 0 bridgehead atoms. The van der Waals surface area contributed by atoms with Gasteiger partial charge in [0.15, 0.2) is 11.7 Å². The number of hydrogen-bond donors (Lipinski definition) is 2. The summed E-state index contributed by atoms with van der Waals surface area (Å²) in [6.45, 7) is 0. The van der Waals surface area contributed by atoms with Crippen molar-refractivity contribution >= 4 is 23.1 Å². The summed E-state index contributed by atoms with van der Waals surface area (Å²) >= 11 is 5.72. The number of nitrogens with two attached hydrogens (primary N) is 1. The summed E-state index contributed by atoms with van der Waals surface area (Å²) in [7, 11) is 0. The van der Waals surface area contributed by atoms with Crippen LogP contribution in [0.4, 0.5) is 10.1 Å². The number of rotatable bonds is 2. The Morgan fingerprint density at radius 2 is 1.83 bits per heavy atom. The van der Waals surface area contributed by atoms with E-state index in [1.807, 2.05) is 18.2 Å². The summed E-state index contributed by atoms with van der Waals surface area (Å²) in [6, 6.07) is 13.8. The van der Waals surface area contributed by atoms with E-state index in [1.54, 1.807) is 24.3 Å². The van der Waals surface area contributed by atoms with Crippen LogP contribution >= 0.6 is 11.6 Å². The fourth-order valence-corrected chi connectivity index (χ4v) is 1.66. The third kappa shape index (κ3) is 2.67. The molecule has 18 heavy (non-hydrogen) atoms. The van der Waals surface area contributed by atoms with Gasteiger partial charge in [0.05, 0.1) is 16.3 Å². The van der Waals surface area contributed by atoms with Crippen LogP contribution in [0.2, 0.25) is 5.02 Å². The first-order valence-corrected chi connectivity index (χ1v) is 5.65. The first-order valence-electron chi connectivity index (χ1n) is 5.27. The van der Waals surface area contributed by atoms with Crippen LogP contribution < -0.4 is 11.3 Å². The Morgan fingerprint density at radius 1 is 1.11 bits per heavy atom. The molecule has 0 amide bonds. The highest BCUT2D eigenvalue weighted by Gasteiger charge is 2.11. The van der Waals surface area contributed by atoms with Crippen LogP contribution in [0.15, 0.2) is 53.5 Å². The molecular weight excluding hydrogens is 253 g/mol. The highest BCUT2D eigenvalue weighted by molar-refractivity contribution is 6.31. The number of halogens is 2. The van der Waals surface area contributed by atoms with Gasteiger partial charge in [-0.15, -0.1) is 0 Å². The normalized spacial score (nSPS) is 11.4. The van der Waals surface area contributed by atoms with Crippen molar-refractivity contribution in [3.63, 3.8) is 0 Å². The Bertz CT molecular complexity index is 570. The molecule has 0 aromatic heterocycles. The van der Waals surface area contributed by atoms with Crippen LogP contribution in [0, 0.1) is 5.82 Å². The molecule has 2 aromatic carbocycles. The molecule has 0 fully saturated rings. The molecule has 0 atom stereocenters. The van der Waals surface area contributed by atoms with E-state index in [2.05, 4.69) is 10.4 Å². The Balaban J connectivity index is 2.46. The monoisotopic (exact) mass is 263 g/mol. The predicted molar refractivity (Wildman–Crippen MR) is 71.4 cm³/mol. The minimum absolute atomic E-state index is 0.0310.